The Morgan fingerprint density at radius 3 is 0.828 bits per heavy atom. The Bertz CT molecular complexity index is 281. The summed E-state index contributed by atoms with van der Waals surface area (Å²) >= 11 is 3.09. The largest absolute Gasteiger partial charge is 0.416 e. The van der Waals surface area contributed by atoms with Gasteiger partial charge in [-0.3, -0.25) is 4.39 Å². The summed E-state index contributed by atoms with van der Waals surface area (Å²) in [4.78, 5) is 0. The zero-order valence-corrected chi connectivity index (χ0v) is 14.7. The van der Waals surface area contributed by atoms with Gasteiger partial charge in [-0.25, -0.2) is 30.7 Å². The van der Waals surface area contributed by atoms with Crippen molar-refractivity contribution < 1.29 is 74.6 Å². The van der Waals surface area contributed by atoms with Crippen LogP contribution in [0.1, 0.15) is 6.42 Å². The van der Waals surface area contributed by atoms with Crippen molar-refractivity contribution in [1.82, 2.24) is 0 Å². The lowest BCUT2D eigenvalue weighted by Crippen LogP contribution is -2.26. The minimum Gasteiger partial charge on any atom is -0.250 e. The molecule has 184 valence electrons. The Hall–Kier alpha value is -0.840. The molecule has 0 aliphatic carbocycles. The minimum absolute atomic E-state index is 0.927. The molecule has 0 aliphatic heterocycles. The summed E-state index contributed by atoms with van der Waals surface area (Å²) in [7, 11) is 0. The fraction of sp³-hybridized carbons (Fsp3) is 1.00. The second-order valence-corrected chi connectivity index (χ2v) is 4.32. The van der Waals surface area contributed by atoms with Gasteiger partial charge in [-0.1, -0.05) is 0 Å². The van der Waals surface area contributed by atoms with Gasteiger partial charge in [-0.05, 0) is 0 Å². The fourth-order valence-corrected chi connectivity index (χ4v) is 0.773. The predicted octanol–water partition coefficient (Wildman–Crippen LogP) is 7.55. The van der Waals surface area contributed by atoms with Crippen molar-refractivity contribution in [1.29, 1.82) is 0 Å². The highest BCUT2D eigenvalue weighted by Crippen LogP contribution is 2.31. The zero-order chi connectivity index (χ0) is 24.9. The van der Waals surface area contributed by atoms with Crippen molar-refractivity contribution in [2.75, 3.05) is 33.9 Å². The standard InChI is InChI=1S/C5H7F5S.2C2H2F4.2CH2F2/c6-2-3(1-4(7)11)5(8,9)10;2*3-1-2(4,5)6;2*2-1-3/h3-4,11H,1-2H2;2*1H2;2*1H2. The number of hydrogen-bond donors (Lipinski definition) is 1. The summed E-state index contributed by atoms with van der Waals surface area (Å²) in [6.07, 6.45) is -14.8. The van der Waals surface area contributed by atoms with Crippen molar-refractivity contribution in [3.8, 4) is 0 Å². The molecule has 2 atom stereocenters. The van der Waals surface area contributed by atoms with Crippen LogP contribution in [-0.4, -0.2) is 57.9 Å². The molecular weight excluding hydrogens is 487 g/mol. The number of hydrogen-bond acceptors (Lipinski definition) is 1. The average Bonchev–Trinajstić information content (AvgIpc) is 2.52. The van der Waals surface area contributed by atoms with Crippen molar-refractivity contribution >= 4 is 12.6 Å². The maximum absolute atomic E-state index is 11.9. The molecular formula is C11H15F17S. The van der Waals surface area contributed by atoms with E-state index in [4.69, 9.17) is 0 Å². The van der Waals surface area contributed by atoms with E-state index >= 15 is 0 Å². The molecule has 0 aromatic carbocycles. The van der Waals surface area contributed by atoms with Gasteiger partial charge in [0, 0.05) is 6.42 Å². The van der Waals surface area contributed by atoms with E-state index in [1.165, 1.54) is 0 Å². The molecule has 0 spiro atoms. The zero-order valence-electron chi connectivity index (χ0n) is 13.8. The first kappa shape index (κ1) is 38.7. The Morgan fingerprint density at radius 2 is 0.793 bits per heavy atom. The third-order valence-electron chi connectivity index (χ3n) is 1.43. The molecule has 0 amide bonds. The lowest BCUT2D eigenvalue weighted by Gasteiger charge is -2.16. The normalized spacial score (nSPS) is 13.0. The first-order valence-corrected chi connectivity index (χ1v) is 6.79. The summed E-state index contributed by atoms with van der Waals surface area (Å²) < 4.78 is 180. The molecule has 29 heavy (non-hydrogen) atoms. The quantitative estimate of drug-likeness (QED) is 0.299. The van der Waals surface area contributed by atoms with Gasteiger partial charge in [-0.2, -0.15) is 39.5 Å². The maximum Gasteiger partial charge on any atom is 0.416 e. The van der Waals surface area contributed by atoms with E-state index in [0.717, 1.165) is 0 Å². The highest BCUT2D eigenvalue weighted by molar-refractivity contribution is 7.80. The first-order valence-electron chi connectivity index (χ1n) is 6.27. The molecule has 2 unspecified atom stereocenters. The number of halogens is 17. The minimum atomic E-state index is -4.66. The molecule has 0 saturated heterocycles. The third-order valence-corrected chi connectivity index (χ3v) is 1.64. The smallest absolute Gasteiger partial charge is 0.250 e. The van der Waals surface area contributed by atoms with Crippen LogP contribution in [-0.2, 0) is 0 Å². The van der Waals surface area contributed by atoms with Crippen LogP contribution >= 0.6 is 12.6 Å². The Kier molecular flexibility index (Phi) is 29.2. The lowest BCUT2D eigenvalue weighted by molar-refractivity contribution is -0.181. The van der Waals surface area contributed by atoms with Crippen molar-refractivity contribution in [3.63, 3.8) is 0 Å². The van der Waals surface area contributed by atoms with E-state index in [2.05, 4.69) is 12.6 Å². The molecule has 0 radical (unpaired) electrons. The van der Waals surface area contributed by atoms with Crippen molar-refractivity contribution in [3.05, 3.63) is 0 Å². The number of thiol groups is 1. The van der Waals surface area contributed by atoms with E-state index < -0.39 is 70.3 Å². The first-order chi connectivity index (χ1) is 12.8. The van der Waals surface area contributed by atoms with Gasteiger partial charge in [0.1, 0.15) is 12.2 Å². The predicted molar refractivity (Wildman–Crippen MR) is 72.2 cm³/mol. The lowest BCUT2D eigenvalue weighted by atomic mass is 10.1. The molecule has 0 aliphatic rings. The number of alkyl halides is 17. The summed E-state index contributed by atoms with van der Waals surface area (Å²) in [6.45, 7) is -9.55. The molecule has 0 aromatic rings. The molecule has 0 nitrogen and oxygen atoms in total. The van der Waals surface area contributed by atoms with Crippen LogP contribution in [0.5, 0.6) is 0 Å². The van der Waals surface area contributed by atoms with E-state index in [9.17, 15) is 74.6 Å². The monoisotopic (exact) mass is 502 g/mol. The molecule has 0 fully saturated rings. The van der Waals surface area contributed by atoms with Gasteiger partial charge in [0.25, 0.3) is 0 Å². The SMILES string of the molecule is FCC(CC(F)S)C(F)(F)F.FCC(F)(F)F.FCC(F)(F)F.FCF.FCF. The van der Waals surface area contributed by atoms with Crippen LogP contribution in [0.2, 0.25) is 0 Å². The Labute approximate surface area is 158 Å². The summed E-state index contributed by atoms with van der Waals surface area (Å²) in [5.74, 6) is -2.23. The molecule has 0 N–H and O–H groups in total. The molecule has 0 rings (SSSR count). The molecule has 18 heteroatoms. The molecule has 0 saturated carbocycles. The van der Waals surface area contributed by atoms with Gasteiger partial charge in [0.15, 0.2) is 13.3 Å². The topological polar surface area (TPSA) is 0 Å². The Morgan fingerprint density at radius 1 is 0.586 bits per heavy atom. The van der Waals surface area contributed by atoms with Crippen LogP contribution in [0.4, 0.5) is 74.6 Å². The van der Waals surface area contributed by atoms with Crippen molar-refractivity contribution in [2.45, 2.75) is 30.5 Å². The maximum atomic E-state index is 11.9. The summed E-state index contributed by atoms with van der Waals surface area (Å²) in [5, 5.41) is 0. The highest BCUT2D eigenvalue weighted by atomic mass is 32.1. The third kappa shape index (κ3) is 58.4. The summed E-state index contributed by atoms with van der Waals surface area (Å²) in [5.41, 5.74) is -1.92. The van der Waals surface area contributed by atoms with Crippen molar-refractivity contribution in [2.24, 2.45) is 5.92 Å². The highest BCUT2D eigenvalue weighted by Gasteiger charge is 2.40. The Balaban J connectivity index is -0.0000000915. The summed E-state index contributed by atoms with van der Waals surface area (Å²) in [6, 6.07) is 0. The van der Waals surface area contributed by atoms with E-state index in [1.807, 2.05) is 0 Å². The molecule has 0 aromatic heterocycles. The number of rotatable bonds is 3. The van der Waals surface area contributed by atoms with Gasteiger partial charge in [0.05, 0.1) is 5.92 Å². The van der Waals surface area contributed by atoms with Crippen LogP contribution in [0.15, 0.2) is 0 Å². The van der Waals surface area contributed by atoms with Gasteiger partial charge < -0.3 is 0 Å². The van der Waals surface area contributed by atoms with E-state index in [1.54, 1.807) is 0 Å². The second kappa shape index (κ2) is 21.9. The molecule has 0 bridgehead atoms. The molecule has 0 heterocycles. The fourth-order valence-electron chi connectivity index (χ4n) is 0.519. The van der Waals surface area contributed by atoms with Crippen LogP contribution in [0.25, 0.3) is 0 Å². The average molecular weight is 502 g/mol. The second-order valence-electron chi connectivity index (χ2n) is 3.76. The van der Waals surface area contributed by atoms with Gasteiger partial charge in [-0.15, -0.1) is 12.6 Å². The van der Waals surface area contributed by atoms with Crippen LogP contribution in [0.3, 0.4) is 0 Å². The van der Waals surface area contributed by atoms with E-state index in [0.29, 0.717) is 0 Å². The van der Waals surface area contributed by atoms with Gasteiger partial charge in [0.2, 0.25) is 13.9 Å². The van der Waals surface area contributed by atoms with Crippen LogP contribution < -0.4 is 0 Å². The van der Waals surface area contributed by atoms with Crippen LogP contribution in [0, 0.1) is 5.92 Å². The van der Waals surface area contributed by atoms with Gasteiger partial charge >= 0.3 is 18.5 Å². The van der Waals surface area contributed by atoms with E-state index in [-0.39, 0.29) is 0 Å².